The van der Waals surface area contributed by atoms with Crippen molar-refractivity contribution in [1.29, 1.82) is 0 Å². The minimum atomic E-state index is 0.0756. The molecule has 2 aromatic heterocycles. The Hall–Kier alpha value is -2.82. The molecule has 0 spiro atoms. The lowest BCUT2D eigenvalue weighted by atomic mass is 10.2. The van der Waals surface area contributed by atoms with E-state index in [0.29, 0.717) is 0 Å². The molecule has 0 unspecified atom stereocenters. The van der Waals surface area contributed by atoms with Crippen LogP contribution in [-0.4, -0.2) is 10.5 Å². The Morgan fingerprint density at radius 2 is 1.90 bits per heavy atom. The molecule has 0 saturated carbocycles. The molecular formula is C16H18N5+. The van der Waals surface area contributed by atoms with Gasteiger partial charge in [0, 0.05) is 24.9 Å². The molecule has 3 aromatic rings. The molecular weight excluding hydrogens is 262 g/mol. The number of aliphatic imine (C=N–C) groups is 1. The minimum absolute atomic E-state index is 0.0756. The van der Waals surface area contributed by atoms with Gasteiger partial charge in [0.1, 0.15) is 12.6 Å². The number of benzene rings is 1. The van der Waals surface area contributed by atoms with Gasteiger partial charge in [-0.05, 0) is 23.8 Å². The van der Waals surface area contributed by atoms with Crippen LogP contribution in [0.25, 0.3) is 11.0 Å². The van der Waals surface area contributed by atoms with Crippen molar-refractivity contribution in [1.82, 2.24) is 4.57 Å². The van der Waals surface area contributed by atoms with Gasteiger partial charge in [-0.3, -0.25) is 0 Å². The van der Waals surface area contributed by atoms with E-state index in [4.69, 9.17) is 11.5 Å². The van der Waals surface area contributed by atoms with E-state index in [1.54, 1.807) is 0 Å². The molecule has 0 aliphatic carbocycles. The van der Waals surface area contributed by atoms with Gasteiger partial charge in [-0.2, -0.15) is 4.57 Å². The lowest BCUT2D eigenvalue weighted by molar-refractivity contribution is -0.644. The largest absolute Gasteiger partial charge is 0.370 e. The molecule has 2 heterocycles. The van der Waals surface area contributed by atoms with Crippen LogP contribution in [0, 0.1) is 0 Å². The second-order valence-corrected chi connectivity index (χ2v) is 5.04. The van der Waals surface area contributed by atoms with Crippen molar-refractivity contribution in [3.05, 3.63) is 60.4 Å². The Kier molecular flexibility index (Phi) is 3.31. The summed E-state index contributed by atoms with van der Waals surface area (Å²) in [6.07, 6.45) is 4.16. The SMILES string of the molecule is C[n+]1cccc2c1ccn2Cc1ccc(N=C(N)N)cc1. The Balaban J connectivity index is 1.88. The van der Waals surface area contributed by atoms with E-state index in [0.717, 1.165) is 12.2 Å². The number of hydrogen-bond donors (Lipinski definition) is 2. The van der Waals surface area contributed by atoms with Gasteiger partial charge >= 0.3 is 0 Å². The summed E-state index contributed by atoms with van der Waals surface area (Å²) in [7, 11) is 2.05. The predicted molar refractivity (Wildman–Crippen MR) is 84.1 cm³/mol. The average molecular weight is 280 g/mol. The summed E-state index contributed by atoms with van der Waals surface area (Å²) in [4.78, 5) is 4.02. The van der Waals surface area contributed by atoms with Crippen LogP contribution in [0.1, 0.15) is 5.56 Å². The highest BCUT2D eigenvalue weighted by Crippen LogP contribution is 2.16. The van der Waals surface area contributed by atoms with E-state index >= 15 is 0 Å². The number of aromatic nitrogens is 2. The topological polar surface area (TPSA) is 73.2 Å². The van der Waals surface area contributed by atoms with E-state index in [1.807, 2.05) is 24.3 Å². The summed E-state index contributed by atoms with van der Waals surface area (Å²) in [6.45, 7) is 0.815. The number of pyridine rings is 1. The highest BCUT2D eigenvalue weighted by Gasteiger charge is 2.08. The van der Waals surface area contributed by atoms with Crippen molar-refractivity contribution in [2.45, 2.75) is 6.54 Å². The average Bonchev–Trinajstić information content (AvgIpc) is 2.85. The number of aryl methyl sites for hydroxylation is 1. The van der Waals surface area contributed by atoms with Crippen molar-refractivity contribution in [3.8, 4) is 0 Å². The third-order valence-corrected chi connectivity index (χ3v) is 3.48. The molecule has 0 atom stereocenters. The van der Waals surface area contributed by atoms with E-state index in [-0.39, 0.29) is 5.96 Å². The molecule has 0 fully saturated rings. The molecule has 3 rings (SSSR count). The summed E-state index contributed by atoms with van der Waals surface area (Å²) >= 11 is 0. The summed E-state index contributed by atoms with van der Waals surface area (Å²) in [5, 5.41) is 0. The monoisotopic (exact) mass is 280 g/mol. The summed E-state index contributed by atoms with van der Waals surface area (Å²) in [6, 6.07) is 14.2. The first-order valence-corrected chi connectivity index (χ1v) is 6.75. The number of nitrogens with two attached hydrogens (primary N) is 2. The summed E-state index contributed by atoms with van der Waals surface area (Å²) in [5.74, 6) is 0.0756. The first-order valence-electron chi connectivity index (χ1n) is 6.75. The molecule has 0 bridgehead atoms. The smallest absolute Gasteiger partial charge is 0.230 e. The van der Waals surface area contributed by atoms with Gasteiger partial charge in [0.15, 0.2) is 12.2 Å². The van der Waals surface area contributed by atoms with Gasteiger partial charge in [0.25, 0.3) is 0 Å². The standard InChI is InChI=1S/C16H18N5/c1-20-9-2-3-15-14(20)8-10-21(15)11-12-4-6-13(7-5-12)19-16(17)18/h2-10H,11H2,1H3,(H4,17,18,19)/q+1. The lowest BCUT2D eigenvalue weighted by Crippen LogP contribution is -2.27. The molecule has 0 amide bonds. The Bertz CT molecular complexity index is 795. The van der Waals surface area contributed by atoms with Gasteiger partial charge in [-0.1, -0.05) is 12.1 Å². The molecule has 21 heavy (non-hydrogen) atoms. The van der Waals surface area contributed by atoms with E-state index < -0.39 is 0 Å². The Morgan fingerprint density at radius 1 is 1.14 bits per heavy atom. The number of rotatable bonds is 3. The fourth-order valence-corrected chi connectivity index (χ4v) is 2.46. The third kappa shape index (κ3) is 2.72. The van der Waals surface area contributed by atoms with E-state index in [9.17, 15) is 0 Å². The lowest BCUT2D eigenvalue weighted by Gasteiger charge is -2.05. The van der Waals surface area contributed by atoms with E-state index in [2.05, 4.69) is 51.8 Å². The highest BCUT2D eigenvalue weighted by molar-refractivity contribution is 5.79. The molecule has 0 aliphatic heterocycles. The zero-order valence-corrected chi connectivity index (χ0v) is 11.9. The van der Waals surface area contributed by atoms with Gasteiger partial charge in [0.05, 0.1) is 5.69 Å². The molecule has 1 aromatic carbocycles. The zero-order chi connectivity index (χ0) is 14.8. The fourth-order valence-electron chi connectivity index (χ4n) is 2.46. The molecule has 5 nitrogen and oxygen atoms in total. The van der Waals surface area contributed by atoms with Crippen molar-refractivity contribution in [2.75, 3.05) is 0 Å². The van der Waals surface area contributed by atoms with Gasteiger partial charge in [0.2, 0.25) is 5.52 Å². The molecule has 0 radical (unpaired) electrons. The van der Waals surface area contributed by atoms with Crippen LogP contribution in [0.5, 0.6) is 0 Å². The summed E-state index contributed by atoms with van der Waals surface area (Å²) in [5.41, 5.74) is 15.1. The molecule has 0 aliphatic rings. The van der Waals surface area contributed by atoms with Crippen LogP contribution in [0.15, 0.2) is 59.9 Å². The van der Waals surface area contributed by atoms with Crippen molar-refractivity contribution in [3.63, 3.8) is 0 Å². The first kappa shape index (κ1) is 13.2. The van der Waals surface area contributed by atoms with Crippen LogP contribution in [0.4, 0.5) is 5.69 Å². The number of hydrogen-bond acceptors (Lipinski definition) is 1. The van der Waals surface area contributed by atoms with Crippen LogP contribution >= 0.6 is 0 Å². The third-order valence-electron chi connectivity index (χ3n) is 3.48. The second-order valence-electron chi connectivity index (χ2n) is 5.04. The highest BCUT2D eigenvalue weighted by atomic mass is 15.0. The quantitative estimate of drug-likeness (QED) is 0.432. The first-order chi connectivity index (χ1) is 10.1. The fraction of sp³-hybridized carbons (Fsp3) is 0.125. The minimum Gasteiger partial charge on any atom is -0.370 e. The predicted octanol–water partition coefficient (Wildman–Crippen LogP) is 1.42. The Labute approximate surface area is 123 Å². The number of guanidine groups is 1. The maximum Gasteiger partial charge on any atom is 0.230 e. The van der Waals surface area contributed by atoms with Crippen molar-refractivity contribution >= 4 is 22.7 Å². The van der Waals surface area contributed by atoms with Crippen LogP contribution in [0.3, 0.4) is 0 Å². The van der Waals surface area contributed by atoms with Gasteiger partial charge < -0.3 is 16.0 Å². The number of fused-ring (bicyclic) bond motifs is 1. The number of nitrogens with zero attached hydrogens (tertiary/aromatic N) is 3. The molecule has 4 N–H and O–H groups in total. The van der Waals surface area contributed by atoms with Crippen LogP contribution in [0.2, 0.25) is 0 Å². The van der Waals surface area contributed by atoms with Crippen molar-refractivity contribution in [2.24, 2.45) is 23.5 Å². The summed E-state index contributed by atoms with van der Waals surface area (Å²) < 4.78 is 4.35. The second kappa shape index (κ2) is 5.28. The maximum absolute atomic E-state index is 5.37. The van der Waals surface area contributed by atoms with Crippen LogP contribution in [-0.2, 0) is 13.6 Å². The normalized spacial score (nSPS) is 10.7. The molecule has 0 saturated heterocycles. The van der Waals surface area contributed by atoms with Gasteiger partial charge in [-0.25, -0.2) is 4.99 Å². The maximum atomic E-state index is 5.37. The van der Waals surface area contributed by atoms with E-state index in [1.165, 1.54) is 16.6 Å². The zero-order valence-electron chi connectivity index (χ0n) is 11.9. The molecule has 5 heteroatoms. The Morgan fingerprint density at radius 3 is 2.62 bits per heavy atom. The van der Waals surface area contributed by atoms with Gasteiger partial charge in [-0.15, -0.1) is 0 Å². The molecule has 106 valence electrons. The van der Waals surface area contributed by atoms with Crippen molar-refractivity contribution < 1.29 is 4.57 Å². The van der Waals surface area contributed by atoms with Crippen LogP contribution < -0.4 is 16.0 Å².